The molecular weight excluding hydrogens is 310 g/mol. The summed E-state index contributed by atoms with van der Waals surface area (Å²) in [4.78, 5) is 4.21. The Kier molecular flexibility index (Phi) is 6.76. The quantitative estimate of drug-likeness (QED) is 0.432. The van der Waals surface area contributed by atoms with Gasteiger partial charge in [-0.15, -0.1) is 0 Å². The third-order valence-electron chi connectivity index (χ3n) is 3.50. The third-order valence-corrected chi connectivity index (χ3v) is 3.87. The number of benzene rings is 2. The number of guanidine groups is 1. The van der Waals surface area contributed by atoms with E-state index in [-0.39, 0.29) is 0 Å². The number of halogens is 1. The molecule has 0 heterocycles. The van der Waals surface area contributed by atoms with Crippen molar-refractivity contribution in [3.05, 3.63) is 64.7 Å². The van der Waals surface area contributed by atoms with Crippen molar-refractivity contribution in [2.75, 3.05) is 13.6 Å². The lowest BCUT2D eigenvalue weighted by atomic mass is 10.1. The molecule has 0 radical (unpaired) electrons. The highest BCUT2D eigenvalue weighted by Gasteiger charge is 2.01. The molecular formula is C18H22ClN3O. The van der Waals surface area contributed by atoms with Crippen molar-refractivity contribution in [1.29, 1.82) is 0 Å². The summed E-state index contributed by atoms with van der Waals surface area (Å²) in [6, 6.07) is 15.1. The fourth-order valence-electron chi connectivity index (χ4n) is 2.20. The van der Waals surface area contributed by atoms with Crippen molar-refractivity contribution in [2.45, 2.75) is 19.4 Å². The molecule has 0 fully saturated rings. The second-order valence-corrected chi connectivity index (χ2v) is 5.62. The van der Waals surface area contributed by atoms with Crippen molar-refractivity contribution >= 4 is 17.6 Å². The van der Waals surface area contributed by atoms with E-state index in [1.807, 2.05) is 36.4 Å². The van der Waals surface area contributed by atoms with Crippen LogP contribution >= 0.6 is 11.6 Å². The van der Waals surface area contributed by atoms with Crippen LogP contribution in [-0.2, 0) is 13.0 Å². The molecule has 2 aromatic rings. The third kappa shape index (κ3) is 5.83. The standard InChI is InChI=1S/C18H22ClN3O/c1-20-18(22-13-15-6-2-3-7-17(15)19)21-12-4-5-14-8-10-16(23)11-9-14/h2-3,6-11,23H,4-5,12-13H2,1H3,(H2,20,21,22). The molecule has 0 bridgehead atoms. The first-order chi connectivity index (χ1) is 11.2. The molecule has 5 heteroatoms. The smallest absolute Gasteiger partial charge is 0.191 e. The molecule has 0 aliphatic rings. The molecule has 0 spiro atoms. The zero-order chi connectivity index (χ0) is 16.5. The van der Waals surface area contributed by atoms with Crippen molar-refractivity contribution in [3.8, 4) is 5.75 Å². The van der Waals surface area contributed by atoms with Crippen LogP contribution in [0.15, 0.2) is 53.5 Å². The molecule has 0 amide bonds. The van der Waals surface area contributed by atoms with E-state index < -0.39 is 0 Å². The summed E-state index contributed by atoms with van der Waals surface area (Å²) in [5.74, 6) is 1.06. The average Bonchev–Trinajstić information content (AvgIpc) is 2.57. The summed E-state index contributed by atoms with van der Waals surface area (Å²) < 4.78 is 0. The molecule has 0 aliphatic carbocycles. The second kappa shape index (κ2) is 9.06. The number of nitrogens with one attached hydrogen (secondary N) is 2. The molecule has 0 saturated carbocycles. The van der Waals surface area contributed by atoms with Gasteiger partial charge in [0.1, 0.15) is 5.75 Å². The van der Waals surface area contributed by atoms with Crippen LogP contribution in [0.25, 0.3) is 0 Å². The Labute approximate surface area is 142 Å². The first kappa shape index (κ1) is 17.2. The lowest BCUT2D eigenvalue weighted by Crippen LogP contribution is -2.37. The Morgan fingerprint density at radius 3 is 2.52 bits per heavy atom. The van der Waals surface area contributed by atoms with E-state index in [0.717, 1.165) is 35.9 Å². The van der Waals surface area contributed by atoms with Gasteiger partial charge in [0.05, 0.1) is 0 Å². The lowest BCUT2D eigenvalue weighted by Gasteiger charge is -2.12. The van der Waals surface area contributed by atoms with Crippen molar-refractivity contribution < 1.29 is 5.11 Å². The van der Waals surface area contributed by atoms with Crippen LogP contribution < -0.4 is 10.6 Å². The largest absolute Gasteiger partial charge is 0.508 e. The number of phenols is 1. The summed E-state index contributed by atoms with van der Waals surface area (Å²) in [5.41, 5.74) is 2.25. The number of hydrogen-bond acceptors (Lipinski definition) is 2. The Bertz CT molecular complexity index is 641. The van der Waals surface area contributed by atoms with E-state index in [2.05, 4.69) is 15.6 Å². The summed E-state index contributed by atoms with van der Waals surface area (Å²) in [6.07, 6.45) is 1.94. The molecule has 2 rings (SSSR count). The van der Waals surface area contributed by atoms with Crippen LogP contribution in [-0.4, -0.2) is 24.7 Å². The Balaban J connectivity index is 1.71. The van der Waals surface area contributed by atoms with Crippen molar-refractivity contribution in [2.24, 2.45) is 4.99 Å². The van der Waals surface area contributed by atoms with E-state index in [0.29, 0.717) is 12.3 Å². The van der Waals surface area contributed by atoms with Gasteiger partial charge in [-0.1, -0.05) is 41.9 Å². The number of hydrogen-bond donors (Lipinski definition) is 3. The van der Waals surface area contributed by atoms with Gasteiger partial charge in [-0.25, -0.2) is 0 Å². The molecule has 0 atom stereocenters. The number of aliphatic imine (C=N–C) groups is 1. The first-order valence-electron chi connectivity index (χ1n) is 7.65. The molecule has 23 heavy (non-hydrogen) atoms. The Morgan fingerprint density at radius 1 is 1.09 bits per heavy atom. The monoisotopic (exact) mass is 331 g/mol. The molecule has 3 N–H and O–H groups in total. The van der Waals surface area contributed by atoms with Gasteiger partial charge in [-0.2, -0.15) is 0 Å². The maximum atomic E-state index is 9.26. The van der Waals surface area contributed by atoms with Gasteiger partial charge in [-0.05, 0) is 42.2 Å². The highest BCUT2D eigenvalue weighted by molar-refractivity contribution is 6.31. The number of aryl methyl sites for hydroxylation is 1. The molecule has 0 aliphatic heterocycles. The molecule has 0 saturated heterocycles. The van der Waals surface area contributed by atoms with Gasteiger partial charge in [0.15, 0.2) is 5.96 Å². The van der Waals surface area contributed by atoms with Gasteiger partial charge in [0.25, 0.3) is 0 Å². The van der Waals surface area contributed by atoms with Gasteiger partial charge in [0.2, 0.25) is 0 Å². The van der Waals surface area contributed by atoms with E-state index >= 15 is 0 Å². The summed E-state index contributed by atoms with van der Waals surface area (Å²) in [5, 5.41) is 16.6. The number of aromatic hydroxyl groups is 1. The summed E-state index contributed by atoms with van der Waals surface area (Å²) in [7, 11) is 1.75. The minimum atomic E-state index is 0.302. The fourth-order valence-corrected chi connectivity index (χ4v) is 2.41. The fraction of sp³-hybridized carbons (Fsp3) is 0.278. The summed E-state index contributed by atoms with van der Waals surface area (Å²) >= 11 is 6.14. The predicted octanol–water partition coefficient (Wildman–Crippen LogP) is 3.34. The Hall–Kier alpha value is -2.20. The zero-order valence-corrected chi connectivity index (χ0v) is 14.0. The number of phenolic OH excluding ortho intramolecular Hbond substituents is 1. The molecule has 2 aromatic carbocycles. The van der Waals surface area contributed by atoms with Crippen LogP contribution in [0.5, 0.6) is 5.75 Å². The van der Waals surface area contributed by atoms with Crippen LogP contribution in [0, 0.1) is 0 Å². The second-order valence-electron chi connectivity index (χ2n) is 5.21. The van der Waals surface area contributed by atoms with Crippen LogP contribution in [0.2, 0.25) is 5.02 Å². The predicted molar refractivity (Wildman–Crippen MR) is 96.1 cm³/mol. The number of rotatable bonds is 6. The normalized spacial score (nSPS) is 11.3. The minimum absolute atomic E-state index is 0.302. The van der Waals surface area contributed by atoms with Gasteiger partial charge >= 0.3 is 0 Å². The molecule has 122 valence electrons. The van der Waals surface area contributed by atoms with Crippen LogP contribution in [0.1, 0.15) is 17.5 Å². The van der Waals surface area contributed by atoms with E-state index in [1.54, 1.807) is 19.2 Å². The topological polar surface area (TPSA) is 56.7 Å². The van der Waals surface area contributed by atoms with Crippen LogP contribution in [0.3, 0.4) is 0 Å². The summed E-state index contributed by atoms with van der Waals surface area (Å²) in [6.45, 7) is 1.46. The van der Waals surface area contributed by atoms with Crippen molar-refractivity contribution in [3.63, 3.8) is 0 Å². The maximum absolute atomic E-state index is 9.26. The van der Waals surface area contributed by atoms with Gasteiger partial charge < -0.3 is 15.7 Å². The zero-order valence-electron chi connectivity index (χ0n) is 13.2. The van der Waals surface area contributed by atoms with E-state index in [9.17, 15) is 5.11 Å². The molecule has 4 nitrogen and oxygen atoms in total. The average molecular weight is 332 g/mol. The molecule has 0 aromatic heterocycles. The van der Waals surface area contributed by atoms with Crippen LogP contribution in [0.4, 0.5) is 0 Å². The maximum Gasteiger partial charge on any atom is 0.191 e. The molecule has 0 unspecified atom stereocenters. The minimum Gasteiger partial charge on any atom is -0.508 e. The van der Waals surface area contributed by atoms with E-state index in [4.69, 9.17) is 11.6 Å². The highest BCUT2D eigenvalue weighted by Crippen LogP contribution is 2.14. The van der Waals surface area contributed by atoms with Gasteiger partial charge in [0, 0.05) is 25.2 Å². The van der Waals surface area contributed by atoms with E-state index in [1.165, 1.54) is 5.56 Å². The SMILES string of the molecule is CN=C(NCCCc1ccc(O)cc1)NCc1ccccc1Cl. The van der Waals surface area contributed by atoms with Gasteiger partial charge in [-0.3, -0.25) is 4.99 Å². The number of nitrogens with zero attached hydrogens (tertiary/aromatic N) is 1. The Morgan fingerprint density at radius 2 is 1.83 bits per heavy atom. The lowest BCUT2D eigenvalue weighted by molar-refractivity contribution is 0.475. The van der Waals surface area contributed by atoms with Crippen molar-refractivity contribution in [1.82, 2.24) is 10.6 Å². The highest BCUT2D eigenvalue weighted by atomic mass is 35.5. The first-order valence-corrected chi connectivity index (χ1v) is 8.02.